The van der Waals surface area contributed by atoms with Gasteiger partial charge in [0.05, 0.1) is 7.11 Å². The van der Waals surface area contributed by atoms with E-state index in [9.17, 15) is 14.4 Å². The van der Waals surface area contributed by atoms with Gasteiger partial charge >= 0.3 is 7.12 Å². The molecule has 0 aliphatic carbocycles. The summed E-state index contributed by atoms with van der Waals surface area (Å²) in [6.45, 7) is 1.83. The summed E-state index contributed by atoms with van der Waals surface area (Å²) in [5, 5.41) is 19.0. The number of benzene rings is 2. The Morgan fingerprint density at radius 1 is 1.20 bits per heavy atom. The highest BCUT2D eigenvalue weighted by Crippen LogP contribution is 2.29. The summed E-state index contributed by atoms with van der Waals surface area (Å²) in [5.74, 6) is -0.348. The van der Waals surface area contributed by atoms with Crippen molar-refractivity contribution in [3.8, 4) is 16.9 Å². The van der Waals surface area contributed by atoms with Crippen LogP contribution in [-0.2, 0) is 0 Å². The smallest absolute Gasteiger partial charge is 0.492 e. The van der Waals surface area contributed by atoms with Crippen LogP contribution in [0.2, 0.25) is 5.02 Å². The maximum absolute atomic E-state index is 14.1. The average Bonchev–Trinajstić information content (AvgIpc) is 2.41. The first-order chi connectivity index (χ1) is 9.43. The standard InChI is InChI=1S/C14H13BClFO3/c1-8-5-9(3-4-12(8)16)10-6-14(20-2)11(15(18)19)7-13(10)17/h3-7,18-19H,1-2H3. The van der Waals surface area contributed by atoms with Gasteiger partial charge in [-0.15, -0.1) is 0 Å². The highest BCUT2D eigenvalue weighted by atomic mass is 35.5. The Hall–Kier alpha value is -1.56. The minimum absolute atomic E-state index is 0.0144. The van der Waals surface area contributed by atoms with E-state index < -0.39 is 12.9 Å². The molecule has 3 nitrogen and oxygen atoms in total. The van der Waals surface area contributed by atoms with Gasteiger partial charge in [0.2, 0.25) is 0 Å². The van der Waals surface area contributed by atoms with Crippen LogP contribution in [0.15, 0.2) is 30.3 Å². The third-order valence-corrected chi connectivity index (χ3v) is 3.49. The van der Waals surface area contributed by atoms with Crippen LogP contribution in [-0.4, -0.2) is 24.3 Å². The number of hydrogen-bond donors (Lipinski definition) is 2. The van der Waals surface area contributed by atoms with E-state index in [1.54, 1.807) is 18.2 Å². The molecule has 104 valence electrons. The van der Waals surface area contributed by atoms with Crippen molar-refractivity contribution in [2.75, 3.05) is 7.11 Å². The van der Waals surface area contributed by atoms with Crippen molar-refractivity contribution in [2.45, 2.75) is 6.92 Å². The average molecular weight is 295 g/mol. The maximum Gasteiger partial charge on any atom is 0.492 e. The molecule has 2 aromatic carbocycles. The summed E-state index contributed by atoms with van der Waals surface area (Å²) in [4.78, 5) is 0. The van der Waals surface area contributed by atoms with Crippen LogP contribution in [0.4, 0.5) is 4.39 Å². The van der Waals surface area contributed by atoms with Crippen molar-refractivity contribution in [1.82, 2.24) is 0 Å². The Balaban J connectivity index is 2.59. The van der Waals surface area contributed by atoms with Crippen LogP contribution in [0.25, 0.3) is 11.1 Å². The lowest BCUT2D eigenvalue weighted by atomic mass is 9.78. The van der Waals surface area contributed by atoms with Gasteiger partial charge in [-0.3, -0.25) is 0 Å². The fourth-order valence-electron chi connectivity index (χ4n) is 1.98. The summed E-state index contributed by atoms with van der Waals surface area (Å²) in [7, 11) is -0.406. The lowest BCUT2D eigenvalue weighted by Crippen LogP contribution is -2.31. The summed E-state index contributed by atoms with van der Waals surface area (Å²) in [6, 6.07) is 7.64. The van der Waals surface area contributed by atoms with Gasteiger partial charge in [-0.1, -0.05) is 17.7 Å². The third kappa shape index (κ3) is 2.80. The molecule has 0 spiro atoms. The number of methoxy groups -OCH3 is 1. The van der Waals surface area contributed by atoms with Gasteiger partial charge in [0.15, 0.2) is 0 Å². The Morgan fingerprint density at radius 2 is 1.90 bits per heavy atom. The normalized spacial score (nSPS) is 10.5. The molecule has 0 aromatic heterocycles. The molecular formula is C14H13BClFO3. The van der Waals surface area contributed by atoms with Crippen LogP contribution in [0, 0.1) is 12.7 Å². The Morgan fingerprint density at radius 3 is 2.45 bits per heavy atom. The van der Waals surface area contributed by atoms with Crippen LogP contribution >= 0.6 is 11.6 Å². The third-order valence-electron chi connectivity index (χ3n) is 3.07. The van der Waals surface area contributed by atoms with Gasteiger partial charge in [-0.2, -0.15) is 0 Å². The zero-order valence-electron chi connectivity index (χ0n) is 11.0. The highest BCUT2D eigenvalue weighted by molar-refractivity contribution is 6.59. The van der Waals surface area contributed by atoms with Gasteiger partial charge < -0.3 is 14.8 Å². The van der Waals surface area contributed by atoms with E-state index in [1.165, 1.54) is 13.2 Å². The Bertz CT molecular complexity index is 647. The second-order valence-electron chi connectivity index (χ2n) is 4.41. The van der Waals surface area contributed by atoms with Crippen molar-refractivity contribution in [1.29, 1.82) is 0 Å². The predicted octanol–water partition coefficient (Wildman–Crippen LogP) is 2.14. The summed E-state index contributed by atoms with van der Waals surface area (Å²) in [6.07, 6.45) is 0. The molecule has 0 fully saturated rings. The molecule has 0 radical (unpaired) electrons. The fourth-order valence-corrected chi connectivity index (χ4v) is 2.10. The molecule has 2 rings (SSSR count). The zero-order valence-corrected chi connectivity index (χ0v) is 11.8. The lowest BCUT2D eigenvalue weighted by Gasteiger charge is -2.12. The van der Waals surface area contributed by atoms with Crippen molar-refractivity contribution in [3.63, 3.8) is 0 Å². The van der Waals surface area contributed by atoms with Gasteiger partial charge in [0.25, 0.3) is 0 Å². The van der Waals surface area contributed by atoms with Gasteiger partial charge in [-0.25, -0.2) is 4.39 Å². The van der Waals surface area contributed by atoms with Crippen molar-refractivity contribution < 1.29 is 19.2 Å². The first kappa shape index (κ1) is 14.8. The topological polar surface area (TPSA) is 49.7 Å². The first-order valence-corrected chi connectivity index (χ1v) is 6.32. The molecule has 0 amide bonds. The predicted molar refractivity (Wildman–Crippen MR) is 78.0 cm³/mol. The van der Waals surface area contributed by atoms with E-state index in [0.29, 0.717) is 16.1 Å². The lowest BCUT2D eigenvalue weighted by molar-refractivity contribution is 0.402. The quantitative estimate of drug-likeness (QED) is 0.853. The molecule has 2 aromatic rings. The number of ether oxygens (including phenoxy) is 1. The van der Waals surface area contributed by atoms with E-state index >= 15 is 0 Å². The molecule has 0 unspecified atom stereocenters. The molecule has 0 saturated carbocycles. The van der Waals surface area contributed by atoms with Crippen LogP contribution < -0.4 is 10.2 Å². The van der Waals surface area contributed by atoms with Crippen molar-refractivity contribution >= 4 is 24.2 Å². The second-order valence-corrected chi connectivity index (χ2v) is 4.82. The highest BCUT2D eigenvalue weighted by Gasteiger charge is 2.20. The molecule has 0 saturated heterocycles. The van der Waals surface area contributed by atoms with Crippen LogP contribution in [0.1, 0.15) is 5.56 Å². The molecule has 0 bridgehead atoms. The SMILES string of the molecule is COc1cc(-c2ccc(Cl)c(C)c2)c(F)cc1B(O)O. The second kappa shape index (κ2) is 5.83. The summed E-state index contributed by atoms with van der Waals surface area (Å²) < 4.78 is 19.2. The zero-order chi connectivity index (χ0) is 14.9. The minimum atomic E-state index is -1.79. The maximum atomic E-state index is 14.1. The summed E-state index contributed by atoms with van der Waals surface area (Å²) in [5.41, 5.74) is 1.76. The van der Waals surface area contributed by atoms with Gasteiger partial charge in [-0.05, 0) is 42.3 Å². The molecule has 2 N–H and O–H groups in total. The van der Waals surface area contributed by atoms with E-state index in [-0.39, 0.29) is 11.2 Å². The number of aryl methyl sites for hydroxylation is 1. The molecule has 6 heteroatoms. The molecular weight excluding hydrogens is 281 g/mol. The minimum Gasteiger partial charge on any atom is -0.497 e. The molecule has 0 heterocycles. The van der Waals surface area contributed by atoms with E-state index in [2.05, 4.69) is 0 Å². The molecule has 0 atom stereocenters. The largest absolute Gasteiger partial charge is 0.497 e. The van der Waals surface area contributed by atoms with Gasteiger partial charge in [0, 0.05) is 16.0 Å². The van der Waals surface area contributed by atoms with Crippen LogP contribution in [0.5, 0.6) is 5.75 Å². The number of halogens is 2. The number of hydrogen-bond acceptors (Lipinski definition) is 3. The summed E-state index contributed by atoms with van der Waals surface area (Å²) >= 11 is 5.95. The van der Waals surface area contributed by atoms with Crippen molar-refractivity contribution in [3.05, 3.63) is 46.7 Å². The van der Waals surface area contributed by atoms with Crippen LogP contribution in [0.3, 0.4) is 0 Å². The number of rotatable bonds is 3. The van der Waals surface area contributed by atoms with E-state index in [0.717, 1.165) is 11.6 Å². The van der Waals surface area contributed by atoms with E-state index in [4.69, 9.17) is 16.3 Å². The molecule has 20 heavy (non-hydrogen) atoms. The monoisotopic (exact) mass is 294 g/mol. The Labute approximate surface area is 121 Å². The Kier molecular flexibility index (Phi) is 4.33. The molecule has 0 aliphatic heterocycles. The van der Waals surface area contributed by atoms with Gasteiger partial charge in [0.1, 0.15) is 11.6 Å². The molecule has 0 aliphatic rings. The fraction of sp³-hybridized carbons (Fsp3) is 0.143. The van der Waals surface area contributed by atoms with Crippen molar-refractivity contribution in [2.24, 2.45) is 0 Å². The van der Waals surface area contributed by atoms with E-state index in [1.807, 2.05) is 6.92 Å². The first-order valence-electron chi connectivity index (χ1n) is 5.94.